The second-order valence-electron chi connectivity index (χ2n) is 3.17. The van der Waals surface area contributed by atoms with Crippen molar-refractivity contribution in [2.24, 2.45) is 0 Å². The second-order valence-corrected chi connectivity index (χ2v) is 3.17. The quantitative estimate of drug-likeness (QED) is 0.593. The van der Waals surface area contributed by atoms with Crippen molar-refractivity contribution < 1.29 is 10.0 Å². The zero-order chi connectivity index (χ0) is 10.6. The van der Waals surface area contributed by atoms with Crippen LogP contribution in [0.5, 0.6) is 5.75 Å². The van der Waals surface area contributed by atoms with Crippen molar-refractivity contribution in [2.75, 3.05) is 0 Å². The van der Waals surface area contributed by atoms with Gasteiger partial charge in [-0.25, -0.2) is 0 Å². The topological polar surface area (TPSA) is 63.4 Å². The van der Waals surface area contributed by atoms with Crippen LogP contribution in [0.3, 0.4) is 0 Å². The number of non-ortho nitro benzene ring substituents is 1. The van der Waals surface area contributed by atoms with Crippen molar-refractivity contribution in [3.05, 3.63) is 33.9 Å². The third kappa shape index (κ3) is 2.45. The molecule has 14 heavy (non-hydrogen) atoms. The van der Waals surface area contributed by atoms with E-state index in [1.807, 2.05) is 6.92 Å². The molecule has 1 N–H and O–H groups in total. The Morgan fingerprint density at radius 1 is 1.50 bits per heavy atom. The van der Waals surface area contributed by atoms with E-state index in [-0.39, 0.29) is 11.4 Å². The van der Waals surface area contributed by atoms with Crippen molar-refractivity contribution in [3.8, 4) is 5.75 Å². The Balaban J connectivity index is 2.90. The predicted molar refractivity (Wildman–Crippen MR) is 53.4 cm³/mol. The average molecular weight is 195 g/mol. The van der Waals surface area contributed by atoms with Crippen molar-refractivity contribution >= 4 is 5.69 Å². The number of aromatic hydroxyl groups is 1. The second kappa shape index (κ2) is 4.60. The van der Waals surface area contributed by atoms with E-state index in [1.165, 1.54) is 18.2 Å². The number of phenols is 1. The number of nitrogens with zero attached hydrogens (tertiary/aromatic N) is 1. The number of nitro groups is 1. The molecule has 76 valence electrons. The normalized spacial score (nSPS) is 10.1. The first-order valence-corrected chi connectivity index (χ1v) is 4.61. The van der Waals surface area contributed by atoms with Gasteiger partial charge in [0.2, 0.25) is 0 Å². The Kier molecular flexibility index (Phi) is 3.45. The van der Waals surface area contributed by atoms with E-state index in [4.69, 9.17) is 0 Å². The highest BCUT2D eigenvalue weighted by Gasteiger charge is 2.09. The van der Waals surface area contributed by atoms with Crippen LogP contribution >= 0.6 is 0 Å². The van der Waals surface area contributed by atoms with Crippen LogP contribution in [0.2, 0.25) is 0 Å². The molecule has 0 fully saturated rings. The van der Waals surface area contributed by atoms with E-state index in [2.05, 4.69) is 0 Å². The molecule has 0 aliphatic carbocycles. The molecule has 0 aliphatic rings. The number of hydrogen-bond acceptors (Lipinski definition) is 3. The molecule has 0 saturated heterocycles. The molecule has 0 heterocycles. The summed E-state index contributed by atoms with van der Waals surface area (Å²) in [6, 6.07) is 4.12. The molecule has 4 nitrogen and oxygen atoms in total. The first kappa shape index (κ1) is 10.5. The highest BCUT2D eigenvalue weighted by Crippen LogP contribution is 2.24. The van der Waals surface area contributed by atoms with E-state index >= 15 is 0 Å². The summed E-state index contributed by atoms with van der Waals surface area (Å²) in [5, 5.41) is 19.9. The predicted octanol–water partition coefficient (Wildman–Crippen LogP) is 2.64. The monoisotopic (exact) mass is 195 g/mol. The number of phenolic OH excluding ortho intramolecular Hbond substituents is 1. The molecule has 0 saturated carbocycles. The summed E-state index contributed by atoms with van der Waals surface area (Å²) < 4.78 is 0. The number of unbranched alkanes of at least 4 members (excludes halogenated alkanes) is 1. The van der Waals surface area contributed by atoms with Gasteiger partial charge in [0.25, 0.3) is 5.69 Å². The summed E-state index contributed by atoms with van der Waals surface area (Å²) in [5.74, 6) is 0.143. The maximum atomic E-state index is 10.5. The summed E-state index contributed by atoms with van der Waals surface area (Å²) in [7, 11) is 0. The van der Waals surface area contributed by atoms with Gasteiger partial charge in [0.1, 0.15) is 5.75 Å². The molecule has 0 radical (unpaired) electrons. The summed E-state index contributed by atoms with van der Waals surface area (Å²) in [6.07, 6.45) is 2.61. The van der Waals surface area contributed by atoms with Gasteiger partial charge in [-0.15, -0.1) is 0 Å². The minimum absolute atomic E-state index is 0.0360. The molecule has 0 unspecified atom stereocenters. The van der Waals surface area contributed by atoms with Crippen LogP contribution in [0.25, 0.3) is 0 Å². The lowest BCUT2D eigenvalue weighted by molar-refractivity contribution is -0.384. The lowest BCUT2D eigenvalue weighted by atomic mass is 10.1. The van der Waals surface area contributed by atoms with Crippen LogP contribution in [0, 0.1) is 10.1 Å². The fraction of sp³-hybridized carbons (Fsp3) is 0.400. The van der Waals surface area contributed by atoms with E-state index < -0.39 is 4.92 Å². The maximum absolute atomic E-state index is 10.5. The van der Waals surface area contributed by atoms with Crippen molar-refractivity contribution in [2.45, 2.75) is 26.2 Å². The highest BCUT2D eigenvalue weighted by molar-refractivity contribution is 5.42. The van der Waals surface area contributed by atoms with Crippen LogP contribution in [-0.4, -0.2) is 10.0 Å². The number of hydrogen-bond donors (Lipinski definition) is 1. The molecule has 1 aromatic carbocycles. The molecule has 1 rings (SSSR count). The van der Waals surface area contributed by atoms with Crippen LogP contribution in [-0.2, 0) is 6.42 Å². The Morgan fingerprint density at radius 2 is 2.21 bits per heavy atom. The fourth-order valence-corrected chi connectivity index (χ4v) is 1.25. The van der Waals surface area contributed by atoms with Gasteiger partial charge in [-0.2, -0.15) is 0 Å². The number of rotatable bonds is 4. The Hall–Kier alpha value is -1.58. The largest absolute Gasteiger partial charge is 0.508 e. The standard InChI is InChI=1S/C10H13NO3/c1-2-3-4-8-7-9(11(13)14)5-6-10(8)12/h5-7,12H,2-4H2,1H3. The van der Waals surface area contributed by atoms with Crippen molar-refractivity contribution in [1.29, 1.82) is 0 Å². The van der Waals surface area contributed by atoms with Crippen LogP contribution in [0.1, 0.15) is 25.3 Å². The van der Waals surface area contributed by atoms with E-state index in [0.29, 0.717) is 12.0 Å². The van der Waals surface area contributed by atoms with Gasteiger partial charge in [-0.3, -0.25) is 10.1 Å². The smallest absolute Gasteiger partial charge is 0.269 e. The highest BCUT2D eigenvalue weighted by atomic mass is 16.6. The Morgan fingerprint density at radius 3 is 2.79 bits per heavy atom. The van der Waals surface area contributed by atoms with Gasteiger partial charge in [-0.05, 0) is 18.9 Å². The maximum Gasteiger partial charge on any atom is 0.269 e. The zero-order valence-electron chi connectivity index (χ0n) is 8.06. The number of aryl methyl sites for hydroxylation is 1. The fourth-order valence-electron chi connectivity index (χ4n) is 1.25. The van der Waals surface area contributed by atoms with E-state index in [0.717, 1.165) is 12.8 Å². The van der Waals surface area contributed by atoms with Crippen LogP contribution in [0.15, 0.2) is 18.2 Å². The molecule has 0 aliphatic heterocycles. The van der Waals surface area contributed by atoms with Gasteiger partial charge in [-0.1, -0.05) is 13.3 Å². The molecule has 0 amide bonds. The lowest BCUT2D eigenvalue weighted by Gasteiger charge is -2.02. The molecule has 0 spiro atoms. The summed E-state index contributed by atoms with van der Waals surface area (Å²) in [6.45, 7) is 2.04. The van der Waals surface area contributed by atoms with Crippen LogP contribution in [0.4, 0.5) is 5.69 Å². The minimum atomic E-state index is -0.450. The van der Waals surface area contributed by atoms with E-state index in [9.17, 15) is 15.2 Å². The number of nitro benzene ring substituents is 1. The van der Waals surface area contributed by atoms with Gasteiger partial charge in [0, 0.05) is 17.7 Å². The molecule has 0 atom stereocenters. The van der Waals surface area contributed by atoms with Crippen molar-refractivity contribution in [3.63, 3.8) is 0 Å². The Labute approximate surface area is 82.3 Å². The van der Waals surface area contributed by atoms with Gasteiger partial charge in [0.05, 0.1) is 4.92 Å². The SMILES string of the molecule is CCCCc1cc([N+](=O)[O-])ccc1O. The first-order chi connectivity index (χ1) is 6.65. The first-order valence-electron chi connectivity index (χ1n) is 4.61. The van der Waals surface area contributed by atoms with Gasteiger partial charge in [0.15, 0.2) is 0 Å². The number of benzene rings is 1. The molecule has 4 heteroatoms. The van der Waals surface area contributed by atoms with Crippen LogP contribution < -0.4 is 0 Å². The molecular formula is C10H13NO3. The Bertz CT molecular complexity index is 336. The molecular weight excluding hydrogens is 182 g/mol. The minimum Gasteiger partial charge on any atom is -0.508 e. The van der Waals surface area contributed by atoms with Gasteiger partial charge >= 0.3 is 0 Å². The van der Waals surface area contributed by atoms with Gasteiger partial charge < -0.3 is 5.11 Å². The molecule has 1 aromatic rings. The summed E-state index contributed by atoms with van der Waals surface area (Å²) in [5.41, 5.74) is 0.690. The third-order valence-corrected chi connectivity index (χ3v) is 2.07. The van der Waals surface area contributed by atoms with Crippen molar-refractivity contribution in [1.82, 2.24) is 0 Å². The lowest BCUT2D eigenvalue weighted by Crippen LogP contribution is -1.91. The molecule has 0 bridgehead atoms. The third-order valence-electron chi connectivity index (χ3n) is 2.07. The average Bonchev–Trinajstić information content (AvgIpc) is 2.16. The zero-order valence-corrected chi connectivity index (χ0v) is 8.06. The van der Waals surface area contributed by atoms with E-state index in [1.54, 1.807) is 0 Å². The molecule has 0 aromatic heterocycles. The summed E-state index contributed by atoms with van der Waals surface area (Å²) in [4.78, 5) is 10.0. The summed E-state index contributed by atoms with van der Waals surface area (Å²) >= 11 is 0.